The smallest absolute Gasteiger partial charge is 0.187 e. The van der Waals surface area contributed by atoms with Gasteiger partial charge in [0.25, 0.3) is 0 Å². The Hall–Kier alpha value is -2.41. The van der Waals surface area contributed by atoms with Gasteiger partial charge in [0, 0.05) is 5.56 Å². The van der Waals surface area contributed by atoms with Gasteiger partial charge in [-0.15, -0.1) is 0 Å². The molecule has 2 aromatic heterocycles. The zero-order chi connectivity index (χ0) is 17.4. The van der Waals surface area contributed by atoms with E-state index in [0.29, 0.717) is 29.6 Å². The zero-order valence-electron chi connectivity index (χ0n) is 13.8. The van der Waals surface area contributed by atoms with E-state index in [4.69, 9.17) is 5.73 Å². The maximum Gasteiger partial charge on any atom is 0.187 e. The molecule has 1 saturated carbocycles. The van der Waals surface area contributed by atoms with Gasteiger partial charge in [-0.05, 0) is 12.8 Å². The molecular formula is C18H20N4O2S. The van der Waals surface area contributed by atoms with Gasteiger partial charge in [-0.2, -0.15) is 0 Å². The SMILES string of the molecule is Nc1[nH]c2c(-c3ccccc3)ncnc2c1S(=O)(=O)C1CCCCC1. The molecule has 0 radical (unpaired) electrons. The highest BCUT2D eigenvalue weighted by Gasteiger charge is 2.34. The first kappa shape index (κ1) is 16.1. The molecule has 7 heteroatoms. The minimum absolute atomic E-state index is 0.133. The van der Waals surface area contributed by atoms with E-state index < -0.39 is 9.84 Å². The molecule has 0 saturated heterocycles. The number of nitrogen functional groups attached to an aromatic ring is 1. The summed E-state index contributed by atoms with van der Waals surface area (Å²) in [6.45, 7) is 0. The molecule has 3 aromatic rings. The maximum atomic E-state index is 13.2. The number of sulfone groups is 1. The molecule has 0 aliphatic heterocycles. The number of aromatic amines is 1. The summed E-state index contributed by atoms with van der Waals surface area (Å²) in [7, 11) is -3.52. The summed E-state index contributed by atoms with van der Waals surface area (Å²) in [6.07, 6.45) is 5.75. The molecular weight excluding hydrogens is 336 g/mol. The van der Waals surface area contributed by atoms with Crippen LogP contribution in [-0.2, 0) is 9.84 Å². The van der Waals surface area contributed by atoms with Crippen LogP contribution in [0.4, 0.5) is 5.82 Å². The lowest BCUT2D eigenvalue weighted by Crippen LogP contribution is -2.24. The number of aromatic nitrogens is 3. The fraction of sp³-hybridized carbons (Fsp3) is 0.333. The number of hydrogen-bond acceptors (Lipinski definition) is 5. The van der Waals surface area contributed by atoms with Gasteiger partial charge in [-0.25, -0.2) is 18.4 Å². The van der Waals surface area contributed by atoms with Gasteiger partial charge < -0.3 is 10.7 Å². The first-order valence-corrected chi connectivity index (χ1v) is 10.0. The zero-order valence-corrected chi connectivity index (χ0v) is 14.6. The van der Waals surface area contributed by atoms with Crippen molar-refractivity contribution in [3.63, 3.8) is 0 Å². The van der Waals surface area contributed by atoms with E-state index >= 15 is 0 Å². The molecule has 4 rings (SSSR count). The molecule has 1 fully saturated rings. The van der Waals surface area contributed by atoms with Crippen LogP contribution in [-0.4, -0.2) is 28.6 Å². The largest absolute Gasteiger partial charge is 0.384 e. The topological polar surface area (TPSA) is 102 Å². The number of nitrogens with zero attached hydrogens (tertiary/aromatic N) is 2. The third kappa shape index (κ3) is 2.68. The van der Waals surface area contributed by atoms with Crippen molar-refractivity contribution in [1.82, 2.24) is 15.0 Å². The van der Waals surface area contributed by atoms with Gasteiger partial charge >= 0.3 is 0 Å². The first-order chi connectivity index (χ1) is 12.1. The van der Waals surface area contributed by atoms with Crippen molar-refractivity contribution >= 4 is 26.7 Å². The lowest BCUT2D eigenvalue weighted by atomic mass is 10.0. The summed E-state index contributed by atoms with van der Waals surface area (Å²) >= 11 is 0. The van der Waals surface area contributed by atoms with E-state index in [2.05, 4.69) is 15.0 Å². The molecule has 0 amide bonds. The lowest BCUT2D eigenvalue weighted by molar-refractivity contribution is 0.484. The van der Waals surface area contributed by atoms with Crippen molar-refractivity contribution < 1.29 is 8.42 Å². The molecule has 25 heavy (non-hydrogen) atoms. The third-order valence-electron chi connectivity index (χ3n) is 4.89. The maximum absolute atomic E-state index is 13.2. The third-order valence-corrected chi connectivity index (χ3v) is 7.22. The summed E-state index contributed by atoms with van der Waals surface area (Å²) in [5, 5.41) is -0.377. The average molecular weight is 356 g/mol. The molecule has 0 atom stereocenters. The van der Waals surface area contributed by atoms with Gasteiger partial charge in [0.05, 0.1) is 16.5 Å². The quantitative estimate of drug-likeness (QED) is 0.749. The van der Waals surface area contributed by atoms with E-state index in [-0.39, 0.29) is 16.0 Å². The van der Waals surface area contributed by atoms with Crippen molar-refractivity contribution in [2.75, 3.05) is 5.73 Å². The second-order valence-corrected chi connectivity index (χ2v) is 8.65. The number of anilines is 1. The van der Waals surface area contributed by atoms with E-state index in [1.165, 1.54) is 6.33 Å². The van der Waals surface area contributed by atoms with E-state index in [0.717, 1.165) is 24.8 Å². The van der Waals surface area contributed by atoms with Crippen LogP contribution < -0.4 is 5.73 Å². The Morgan fingerprint density at radius 1 is 1.04 bits per heavy atom. The number of benzene rings is 1. The van der Waals surface area contributed by atoms with Crippen molar-refractivity contribution in [2.45, 2.75) is 42.2 Å². The Bertz CT molecular complexity index is 1010. The number of nitrogens with two attached hydrogens (primary N) is 1. The van der Waals surface area contributed by atoms with Gasteiger partial charge in [-0.3, -0.25) is 0 Å². The van der Waals surface area contributed by atoms with E-state index in [1.54, 1.807) is 0 Å². The number of fused-ring (bicyclic) bond motifs is 1. The van der Waals surface area contributed by atoms with Crippen LogP contribution in [0, 0.1) is 0 Å². The van der Waals surface area contributed by atoms with Crippen LogP contribution in [0.3, 0.4) is 0 Å². The molecule has 0 spiro atoms. The second-order valence-electron chi connectivity index (χ2n) is 6.48. The first-order valence-electron chi connectivity index (χ1n) is 8.50. The molecule has 0 bridgehead atoms. The Kier molecular flexibility index (Phi) is 3.95. The summed E-state index contributed by atoms with van der Waals surface area (Å²) < 4.78 is 26.3. The Morgan fingerprint density at radius 3 is 2.48 bits per heavy atom. The number of nitrogens with one attached hydrogen (secondary N) is 1. The summed E-state index contributed by atoms with van der Waals surface area (Å²) in [4.78, 5) is 11.7. The second kappa shape index (κ2) is 6.15. The summed E-state index contributed by atoms with van der Waals surface area (Å²) in [6, 6.07) is 9.59. The summed E-state index contributed by atoms with van der Waals surface area (Å²) in [5.41, 5.74) is 8.59. The fourth-order valence-corrected chi connectivity index (χ4v) is 5.71. The minimum atomic E-state index is -3.52. The number of H-pyrrole nitrogens is 1. The minimum Gasteiger partial charge on any atom is -0.384 e. The predicted octanol–water partition coefficient (Wildman–Crippen LogP) is 3.31. The van der Waals surface area contributed by atoms with Crippen LogP contribution in [0.1, 0.15) is 32.1 Å². The highest BCUT2D eigenvalue weighted by atomic mass is 32.2. The van der Waals surface area contributed by atoms with Crippen LogP contribution in [0.2, 0.25) is 0 Å². The molecule has 1 aromatic carbocycles. The van der Waals surface area contributed by atoms with Gasteiger partial charge in [0.1, 0.15) is 22.6 Å². The standard InChI is InChI=1S/C18H20N4O2S/c19-18-17(25(23,24)13-9-5-2-6-10-13)16-15(22-18)14(20-11-21-16)12-7-3-1-4-8-12/h1,3-4,7-8,11,13,22H,2,5-6,9-10,19H2. The summed E-state index contributed by atoms with van der Waals surface area (Å²) in [5.74, 6) is 0.151. The van der Waals surface area contributed by atoms with Crippen molar-refractivity contribution in [3.05, 3.63) is 36.7 Å². The fourth-order valence-electron chi connectivity index (χ4n) is 3.64. The van der Waals surface area contributed by atoms with E-state index in [9.17, 15) is 8.42 Å². The Labute approximate surface area is 146 Å². The number of rotatable bonds is 3. The lowest BCUT2D eigenvalue weighted by Gasteiger charge is -2.21. The molecule has 3 N–H and O–H groups in total. The molecule has 1 aliphatic carbocycles. The average Bonchev–Trinajstić information content (AvgIpc) is 2.99. The predicted molar refractivity (Wildman–Crippen MR) is 97.8 cm³/mol. The van der Waals surface area contributed by atoms with E-state index in [1.807, 2.05) is 30.3 Å². The van der Waals surface area contributed by atoms with Crippen molar-refractivity contribution in [1.29, 1.82) is 0 Å². The highest BCUT2D eigenvalue weighted by molar-refractivity contribution is 7.92. The van der Waals surface area contributed by atoms with Gasteiger partial charge in [0.2, 0.25) is 0 Å². The molecule has 0 unspecified atom stereocenters. The van der Waals surface area contributed by atoms with Gasteiger partial charge in [0.15, 0.2) is 9.84 Å². The Balaban J connectivity index is 1.90. The monoisotopic (exact) mass is 356 g/mol. The van der Waals surface area contributed by atoms with Crippen molar-refractivity contribution in [2.24, 2.45) is 0 Å². The van der Waals surface area contributed by atoms with Crippen molar-refractivity contribution in [3.8, 4) is 11.3 Å². The molecule has 2 heterocycles. The molecule has 130 valence electrons. The molecule has 1 aliphatic rings. The van der Waals surface area contributed by atoms with Crippen LogP contribution in [0.15, 0.2) is 41.6 Å². The highest BCUT2D eigenvalue weighted by Crippen LogP contribution is 2.37. The van der Waals surface area contributed by atoms with Crippen LogP contribution >= 0.6 is 0 Å². The van der Waals surface area contributed by atoms with Gasteiger partial charge in [-0.1, -0.05) is 49.6 Å². The molecule has 6 nitrogen and oxygen atoms in total. The number of hydrogen-bond donors (Lipinski definition) is 2. The van der Waals surface area contributed by atoms with Crippen LogP contribution in [0.25, 0.3) is 22.3 Å². The Morgan fingerprint density at radius 2 is 1.76 bits per heavy atom. The van der Waals surface area contributed by atoms with Crippen LogP contribution in [0.5, 0.6) is 0 Å². The normalized spacial score (nSPS) is 16.3.